The number of nitrogens with one attached hydrogen (secondary N) is 1. The summed E-state index contributed by atoms with van der Waals surface area (Å²) in [5.74, 6) is 0.523. The van der Waals surface area contributed by atoms with Crippen molar-refractivity contribution in [3.8, 4) is 0 Å². The average molecular weight is 211 g/mol. The third kappa shape index (κ3) is 6.94. The van der Waals surface area contributed by atoms with E-state index in [0.717, 1.165) is 6.42 Å². The lowest BCUT2D eigenvalue weighted by molar-refractivity contribution is 0.228. The first kappa shape index (κ1) is 12.8. The van der Waals surface area contributed by atoms with Gasteiger partial charge in [0.2, 0.25) is 0 Å². The molecule has 0 aliphatic carbocycles. The Hall–Kier alpha value is -0.170. The minimum absolute atomic E-state index is 0.133. The van der Waals surface area contributed by atoms with Crippen LogP contribution in [0.15, 0.2) is 0 Å². The summed E-state index contributed by atoms with van der Waals surface area (Å²) >= 11 is 0. The molecule has 1 unspecified atom stereocenters. The maximum Gasteiger partial charge on any atom is 0.293 e. The molecule has 0 aromatic heterocycles. The van der Waals surface area contributed by atoms with Gasteiger partial charge in [-0.1, -0.05) is 13.8 Å². The van der Waals surface area contributed by atoms with Crippen LogP contribution in [0.5, 0.6) is 0 Å². The molecule has 0 rings (SSSR count). The van der Waals surface area contributed by atoms with Crippen molar-refractivity contribution in [3.63, 3.8) is 0 Å². The Morgan fingerprint density at radius 3 is 2.31 bits per heavy atom. The summed E-state index contributed by atoms with van der Waals surface area (Å²) in [6.07, 6.45) is 0.901. The predicted octanol–water partition coefficient (Wildman–Crippen LogP) is -0.172. The molecular formula is C7H17NO4S. The van der Waals surface area contributed by atoms with Crippen molar-refractivity contribution >= 4 is 10.1 Å². The number of aliphatic hydroxyl groups is 1. The second kappa shape index (κ2) is 5.54. The van der Waals surface area contributed by atoms with Crippen LogP contribution in [-0.4, -0.2) is 36.6 Å². The molecule has 0 fully saturated rings. The fourth-order valence-corrected chi connectivity index (χ4v) is 1.05. The van der Waals surface area contributed by atoms with Gasteiger partial charge in [-0.05, 0) is 18.9 Å². The van der Waals surface area contributed by atoms with E-state index in [1.165, 1.54) is 0 Å². The van der Waals surface area contributed by atoms with Crippen LogP contribution < -0.4 is 5.32 Å². The quantitative estimate of drug-likeness (QED) is 0.419. The molecule has 0 aromatic carbocycles. The summed E-state index contributed by atoms with van der Waals surface area (Å²) < 4.78 is 29.0. The number of rotatable bonds is 6. The van der Waals surface area contributed by atoms with E-state index in [2.05, 4.69) is 5.32 Å². The number of hydrogen-bond acceptors (Lipinski definition) is 4. The molecule has 5 nitrogen and oxygen atoms in total. The van der Waals surface area contributed by atoms with E-state index in [1.54, 1.807) is 0 Å². The summed E-state index contributed by atoms with van der Waals surface area (Å²) in [4.78, 5) is 0. The smallest absolute Gasteiger partial charge is 0.293 e. The summed E-state index contributed by atoms with van der Waals surface area (Å²) in [6, 6.07) is 0. The zero-order chi connectivity index (χ0) is 10.5. The molecule has 0 saturated heterocycles. The van der Waals surface area contributed by atoms with E-state index in [1.807, 2.05) is 13.8 Å². The zero-order valence-electron chi connectivity index (χ0n) is 7.90. The molecule has 0 saturated carbocycles. The summed E-state index contributed by atoms with van der Waals surface area (Å²) in [5.41, 5.74) is -1.72. The minimum atomic E-state index is -4.31. The van der Waals surface area contributed by atoms with Gasteiger partial charge < -0.3 is 10.4 Å². The van der Waals surface area contributed by atoms with Crippen LogP contribution in [0, 0.1) is 5.92 Å². The SMILES string of the molecule is CC(C)CCNCC(O)S(=O)(=O)O. The lowest BCUT2D eigenvalue weighted by atomic mass is 10.1. The lowest BCUT2D eigenvalue weighted by Crippen LogP contribution is -2.33. The van der Waals surface area contributed by atoms with Gasteiger partial charge in [0.05, 0.1) is 0 Å². The fraction of sp³-hybridized carbons (Fsp3) is 1.00. The highest BCUT2D eigenvalue weighted by atomic mass is 32.2. The van der Waals surface area contributed by atoms with Gasteiger partial charge in [-0.3, -0.25) is 4.55 Å². The van der Waals surface area contributed by atoms with E-state index in [0.29, 0.717) is 12.5 Å². The van der Waals surface area contributed by atoms with Gasteiger partial charge in [0.15, 0.2) is 5.44 Å². The van der Waals surface area contributed by atoms with Crippen LogP contribution in [0.25, 0.3) is 0 Å². The first-order chi connectivity index (χ1) is 5.84. The van der Waals surface area contributed by atoms with Gasteiger partial charge in [0.25, 0.3) is 10.1 Å². The second-order valence-electron chi connectivity index (χ2n) is 3.36. The molecule has 0 aliphatic heterocycles. The Kier molecular flexibility index (Phi) is 5.46. The van der Waals surface area contributed by atoms with E-state index in [-0.39, 0.29) is 6.54 Å². The molecule has 6 heteroatoms. The third-order valence-electron chi connectivity index (χ3n) is 1.56. The summed E-state index contributed by atoms with van der Waals surface area (Å²) in [6.45, 7) is 4.58. The molecule has 0 aliphatic rings. The molecular weight excluding hydrogens is 194 g/mol. The molecule has 80 valence electrons. The minimum Gasteiger partial charge on any atom is -0.374 e. The normalized spacial score (nSPS) is 14.8. The van der Waals surface area contributed by atoms with E-state index < -0.39 is 15.6 Å². The maximum atomic E-state index is 10.3. The highest BCUT2D eigenvalue weighted by Gasteiger charge is 2.18. The first-order valence-corrected chi connectivity index (χ1v) is 5.69. The third-order valence-corrected chi connectivity index (χ3v) is 2.42. The predicted molar refractivity (Wildman–Crippen MR) is 49.9 cm³/mol. The van der Waals surface area contributed by atoms with Gasteiger partial charge in [-0.2, -0.15) is 8.42 Å². The molecule has 0 radical (unpaired) electrons. The fourth-order valence-electron chi connectivity index (χ4n) is 0.722. The highest BCUT2D eigenvalue weighted by Crippen LogP contribution is 1.97. The number of hydrogen-bond donors (Lipinski definition) is 3. The van der Waals surface area contributed by atoms with Crippen LogP contribution in [0.3, 0.4) is 0 Å². The molecule has 0 amide bonds. The summed E-state index contributed by atoms with van der Waals surface area (Å²) in [5, 5.41) is 11.6. The molecule has 3 N–H and O–H groups in total. The molecule has 0 aromatic rings. The van der Waals surface area contributed by atoms with Gasteiger partial charge in [-0.25, -0.2) is 0 Å². The van der Waals surface area contributed by atoms with E-state index in [9.17, 15) is 8.42 Å². The average Bonchev–Trinajstić information content (AvgIpc) is 1.95. The lowest BCUT2D eigenvalue weighted by Gasteiger charge is -2.09. The largest absolute Gasteiger partial charge is 0.374 e. The maximum absolute atomic E-state index is 10.3. The molecule has 13 heavy (non-hydrogen) atoms. The second-order valence-corrected chi connectivity index (χ2v) is 4.93. The van der Waals surface area contributed by atoms with Gasteiger partial charge in [-0.15, -0.1) is 0 Å². The van der Waals surface area contributed by atoms with Crippen LogP contribution in [0.1, 0.15) is 20.3 Å². The van der Waals surface area contributed by atoms with Crippen molar-refractivity contribution in [1.29, 1.82) is 0 Å². The van der Waals surface area contributed by atoms with Crippen molar-refractivity contribution in [3.05, 3.63) is 0 Å². The van der Waals surface area contributed by atoms with Crippen LogP contribution in [0.4, 0.5) is 0 Å². The highest BCUT2D eigenvalue weighted by molar-refractivity contribution is 7.86. The monoisotopic (exact) mass is 211 g/mol. The van der Waals surface area contributed by atoms with E-state index >= 15 is 0 Å². The van der Waals surface area contributed by atoms with Crippen LogP contribution in [-0.2, 0) is 10.1 Å². The number of aliphatic hydroxyl groups excluding tert-OH is 1. The topological polar surface area (TPSA) is 86.6 Å². The van der Waals surface area contributed by atoms with Gasteiger partial charge >= 0.3 is 0 Å². The first-order valence-electron chi connectivity index (χ1n) is 4.19. The van der Waals surface area contributed by atoms with Crippen molar-refractivity contribution < 1.29 is 18.1 Å². The van der Waals surface area contributed by atoms with Gasteiger partial charge in [0.1, 0.15) is 0 Å². The zero-order valence-corrected chi connectivity index (χ0v) is 8.71. The Morgan fingerprint density at radius 1 is 1.38 bits per heavy atom. The van der Waals surface area contributed by atoms with Crippen molar-refractivity contribution in [1.82, 2.24) is 5.32 Å². The van der Waals surface area contributed by atoms with Crippen molar-refractivity contribution in [2.45, 2.75) is 25.7 Å². The Bertz CT molecular complexity index is 225. The molecule has 1 atom stereocenters. The van der Waals surface area contributed by atoms with E-state index in [4.69, 9.17) is 9.66 Å². The van der Waals surface area contributed by atoms with Gasteiger partial charge in [0, 0.05) is 6.54 Å². The molecule has 0 bridgehead atoms. The summed E-state index contributed by atoms with van der Waals surface area (Å²) in [7, 11) is -4.31. The standard InChI is InChI=1S/C7H17NO4S/c1-6(2)3-4-8-5-7(9)13(10,11)12/h6-9H,3-5H2,1-2H3,(H,10,11,12). The van der Waals surface area contributed by atoms with Crippen molar-refractivity contribution in [2.75, 3.05) is 13.1 Å². The van der Waals surface area contributed by atoms with Crippen LogP contribution >= 0.6 is 0 Å². The Balaban J connectivity index is 3.55. The van der Waals surface area contributed by atoms with Crippen molar-refractivity contribution in [2.24, 2.45) is 5.92 Å². The Morgan fingerprint density at radius 2 is 1.92 bits per heavy atom. The molecule has 0 spiro atoms. The van der Waals surface area contributed by atoms with Crippen LogP contribution in [0.2, 0.25) is 0 Å². The molecule has 0 heterocycles. The Labute approximate surface area is 78.9 Å².